The zero-order valence-electron chi connectivity index (χ0n) is 21.8. The summed E-state index contributed by atoms with van der Waals surface area (Å²) in [5.41, 5.74) is 2.64. The van der Waals surface area contributed by atoms with Crippen molar-refractivity contribution in [2.24, 2.45) is 0 Å². The van der Waals surface area contributed by atoms with Crippen LogP contribution in [0, 0.1) is 20.8 Å². The van der Waals surface area contributed by atoms with Crippen molar-refractivity contribution in [3.05, 3.63) is 78.5 Å². The van der Waals surface area contributed by atoms with Gasteiger partial charge in [0.05, 0.1) is 10.4 Å². The molecule has 0 unspecified atom stereocenters. The van der Waals surface area contributed by atoms with Gasteiger partial charge in [-0.25, -0.2) is 4.79 Å². The smallest absolute Gasteiger partial charge is 0.336 e. The summed E-state index contributed by atoms with van der Waals surface area (Å²) in [6, 6.07) is 8.99. The van der Waals surface area contributed by atoms with E-state index < -0.39 is 5.63 Å². The van der Waals surface area contributed by atoms with Crippen molar-refractivity contribution in [1.29, 1.82) is 0 Å². The molecule has 2 aromatic heterocycles. The molecule has 0 aliphatic carbocycles. The Labute approximate surface area is 225 Å². The van der Waals surface area contributed by atoms with Crippen LogP contribution >= 0.6 is 11.3 Å². The first-order valence-corrected chi connectivity index (χ1v) is 13.5. The molecule has 10 heteroatoms. The highest BCUT2D eigenvalue weighted by atomic mass is 32.1. The second-order valence-electron chi connectivity index (χ2n) is 9.59. The van der Waals surface area contributed by atoms with Crippen LogP contribution in [-0.2, 0) is 13.1 Å². The number of carbonyl (C=O) groups excluding carboxylic acids is 2. The van der Waals surface area contributed by atoms with E-state index in [9.17, 15) is 14.4 Å². The fourth-order valence-electron chi connectivity index (χ4n) is 4.87. The predicted octanol–water partition coefficient (Wildman–Crippen LogP) is 3.29. The van der Waals surface area contributed by atoms with Crippen molar-refractivity contribution < 1.29 is 23.5 Å². The van der Waals surface area contributed by atoms with Crippen LogP contribution in [0.4, 0.5) is 0 Å². The lowest BCUT2D eigenvalue weighted by Crippen LogP contribution is -2.48. The first kappa shape index (κ1) is 26.0. The lowest BCUT2D eigenvalue weighted by Gasteiger charge is -2.35. The predicted molar refractivity (Wildman–Crippen MR) is 143 cm³/mol. The van der Waals surface area contributed by atoms with Gasteiger partial charge in [0.15, 0.2) is 11.5 Å². The molecule has 0 bridgehead atoms. The minimum absolute atomic E-state index is 0.105. The molecule has 9 nitrogen and oxygen atoms in total. The van der Waals surface area contributed by atoms with Crippen LogP contribution in [-0.4, -0.2) is 61.0 Å². The van der Waals surface area contributed by atoms with Crippen LogP contribution in [0.5, 0.6) is 11.5 Å². The van der Waals surface area contributed by atoms with Gasteiger partial charge in [0.1, 0.15) is 19.0 Å². The van der Waals surface area contributed by atoms with Crippen LogP contribution in [0.3, 0.4) is 0 Å². The Morgan fingerprint density at radius 2 is 1.76 bits per heavy atom. The van der Waals surface area contributed by atoms with Crippen molar-refractivity contribution in [1.82, 2.24) is 15.1 Å². The van der Waals surface area contributed by atoms with E-state index in [0.717, 1.165) is 35.6 Å². The monoisotopic (exact) mass is 537 g/mol. The number of aryl methyl sites for hydroxylation is 3. The molecule has 0 radical (unpaired) electrons. The van der Waals surface area contributed by atoms with Crippen molar-refractivity contribution in [2.45, 2.75) is 33.9 Å². The highest BCUT2D eigenvalue weighted by molar-refractivity contribution is 7.14. The molecule has 2 aliphatic heterocycles. The Morgan fingerprint density at radius 1 is 1.00 bits per heavy atom. The molecule has 200 valence electrons. The van der Waals surface area contributed by atoms with E-state index in [1.165, 1.54) is 17.4 Å². The van der Waals surface area contributed by atoms with Gasteiger partial charge in [-0.1, -0.05) is 12.1 Å². The van der Waals surface area contributed by atoms with Gasteiger partial charge in [-0.2, -0.15) is 0 Å². The van der Waals surface area contributed by atoms with E-state index in [0.29, 0.717) is 66.1 Å². The Morgan fingerprint density at radius 3 is 2.53 bits per heavy atom. The van der Waals surface area contributed by atoms with Crippen LogP contribution < -0.4 is 20.4 Å². The van der Waals surface area contributed by atoms with Crippen molar-refractivity contribution in [3.63, 3.8) is 0 Å². The van der Waals surface area contributed by atoms with Gasteiger partial charge in [0.2, 0.25) is 0 Å². The van der Waals surface area contributed by atoms with Gasteiger partial charge in [0.25, 0.3) is 11.8 Å². The summed E-state index contributed by atoms with van der Waals surface area (Å²) in [4.78, 5) is 43.5. The minimum Gasteiger partial charge on any atom is -0.486 e. The quantitative estimate of drug-likeness (QED) is 0.515. The largest absolute Gasteiger partial charge is 0.486 e. The number of hydrogen-bond acceptors (Lipinski definition) is 8. The first-order valence-electron chi connectivity index (χ1n) is 12.7. The molecule has 2 amide bonds. The maximum Gasteiger partial charge on any atom is 0.336 e. The van der Waals surface area contributed by atoms with E-state index in [4.69, 9.17) is 13.9 Å². The Kier molecular flexibility index (Phi) is 7.53. The number of nitrogens with zero attached hydrogens (tertiary/aromatic N) is 2. The molecule has 38 heavy (non-hydrogen) atoms. The SMILES string of the molecule is Cc1cc(C(=O)NCc2cccc3c2OCCO3)sc1CN1CCN(C(=O)c2c(C)cc(=O)oc2C)CC1. The average Bonchev–Trinajstić information content (AvgIpc) is 3.27. The van der Waals surface area contributed by atoms with E-state index in [1.54, 1.807) is 13.8 Å². The highest BCUT2D eigenvalue weighted by Gasteiger charge is 2.26. The van der Waals surface area contributed by atoms with Crippen LogP contribution in [0.25, 0.3) is 0 Å². The third-order valence-electron chi connectivity index (χ3n) is 6.91. The number of rotatable bonds is 6. The lowest BCUT2D eigenvalue weighted by molar-refractivity contribution is 0.0624. The van der Waals surface area contributed by atoms with Crippen LogP contribution in [0.15, 0.2) is 39.5 Å². The Balaban J connectivity index is 1.17. The molecule has 4 heterocycles. The number of hydrogen-bond donors (Lipinski definition) is 1. The standard InChI is InChI=1S/C28H31N3O6S/c1-17-13-22(27(33)29-15-20-5-4-6-21-26(20)36-12-11-35-21)38-23(17)16-30-7-9-31(10-8-30)28(34)25-18(2)14-24(32)37-19(25)3/h4-6,13-14H,7-12,15-16H2,1-3H3,(H,29,33). The minimum atomic E-state index is -0.441. The summed E-state index contributed by atoms with van der Waals surface area (Å²) in [6.07, 6.45) is 0. The molecule has 1 N–H and O–H groups in total. The summed E-state index contributed by atoms with van der Waals surface area (Å²) in [7, 11) is 0. The lowest BCUT2D eigenvalue weighted by atomic mass is 10.1. The maximum atomic E-state index is 13.1. The van der Waals surface area contributed by atoms with Gasteiger partial charge in [-0.05, 0) is 44.0 Å². The van der Waals surface area contributed by atoms with Gasteiger partial charge < -0.3 is 24.1 Å². The Hall–Kier alpha value is -3.63. The maximum absolute atomic E-state index is 13.1. The topological polar surface area (TPSA) is 101 Å². The second kappa shape index (κ2) is 11.0. The van der Waals surface area contributed by atoms with Gasteiger partial charge >= 0.3 is 5.63 Å². The zero-order valence-corrected chi connectivity index (χ0v) is 22.6. The summed E-state index contributed by atoms with van der Waals surface area (Å²) in [5.74, 6) is 1.54. The fourth-order valence-corrected chi connectivity index (χ4v) is 6.01. The van der Waals surface area contributed by atoms with Gasteiger partial charge in [-0.3, -0.25) is 14.5 Å². The highest BCUT2D eigenvalue weighted by Crippen LogP contribution is 2.33. The third kappa shape index (κ3) is 5.46. The fraction of sp³-hybridized carbons (Fsp3) is 0.393. The van der Waals surface area contributed by atoms with E-state index in [-0.39, 0.29) is 11.8 Å². The van der Waals surface area contributed by atoms with Crippen molar-refractivity contribution >= 4 is 23.2 Å². The number of thiophene rings is 1. The van der Waals surface area contributed by atoms with E-state index >= 15 is 0 Å². The molecule has 1 aromatic carbocycles. The molecule has 3 aromatic rings. The van der Waals surface area contributed by atoms with E-state index in [2.05, 4.69) is 10.2 Å². The molecule has 1 fully saturated rings. The molecular formula is C28H31N3O6S. The molecule has 1 saturated heterocycles. The summed E-state index contributed by atoms with van der Waals surface area (Å²) >= 11 is 1.50. The average molecular weight is 538 g/mol. The number of para-hydroxylation sites is 1. The number of ether oxygens (including phenoxy) is 2. The molecule has 5 rings (SSSR count). The molecule has 0 atom stereocenters. The molecule has 0 spiro atoms. The second-order valence-corrected chi connectivity index (χ2v) is 10.7. The summed E-state index contributed by atoms with van der Waals surface area (Å²) in [6.45, 7) is 10.2. The number of nitrogens with one attached hydrogen (secondary N) is 1. The first-order chi connectivity index (χ1) is 18.3. The third-order valence-corrected chi connectivity index (χ3v) is 8.13. The van der Waals surface area contributed by atoms with Crippen molar-refractivity contribution in [2.75, 3.05) is 39.4 Å². The van der Waals surface area contributed by atoms with Crippen LogP contribution in [0.1, 0.15) is 47.4 Å². The Bertz CT molecular complexity index is 1390. The van der Waals surface area contributed by atoms with Gasteiger partial charge in [0, 0.05) is 55.8 Å². The molecular weight excluding hydrogens is 506 g/mol. The summed E-state index contributed by atoms with van der Waals surface area (Å²) in [5, 5.41) is 3.01. The number of carbonyl (C=O) groups is 2. The summed E-state index contributed by atoms with van der Waals surface area (Å²) < 4.78 is 16.5. The molecule has 0 saturated carbocycles. The molecule has 2 aliphatic rings. The number of benzene rings is 1. The van der Waals surface area contributed by atoms with E-state index in [1.807, 2.05) is 36.1 Å². The zero-order chi connectivity index (χ0) is 26.8. The normalized spacial score (nSPS) is 15.4. The number of amides is 2. The van der Waals surface area contributed by atoms with Gasteiger partial charge in [-0.15, -0.1) is 11.3 Å². The van der Waals surface area contributed by atoms with Crippen LogP contribution in [0.2, 0.25) is 0 Å². The number of fused-ring (bicyclic) bond motifs is 1. The number of piperazine rings is 1. The van der Waals surface area contributed by atoms with Crippen molar-refractivity contribution in [3.8, 4) is 11.5 Å².